The molecule has 0 amide bonds. The van der Waals surface area contributed by atoms with Crippen LogP contribution in [0.4, 0.5) is 0 Å². The smallest absolute Gasteiger partial charge is 0.194 e. The summed E-state index contributed by atoms with van der Waals surface area (Å²) < 4.78 is 18.5. The van der Waals surface area contributed by atoms with Crippen LogP contribution in [0, 0.1) is 0 Å². The van der Waals surface area contributed by atoms with Gasteiger partial charge in [0.05, 0.1) is 27.7 Å². The first kappa shape index (κ1) is 17.2. The number of carbonyl (C=O) groups is 1. The number of Topliss-reactive ketones (excluding diaryl/α,β-unsaturated/α-hetero) is 1. The van der Waals surface area contributed by atoms with Crippen molar-refractivity contribution in [2.75, 3.05) is 7.11 Å². The lowest BCUT2D eigenvalue weighted by molar-refractivity contribution is 0.105. The fourth-order valence-electron chi connectivity index (χ4n) is 3.14. The van der Waals surface area contributed by atoms with Crippen molar-refractivity contribution in [1.82, 2.24) is 0 Å². The Hall–Kier alpha value is -3.18. The first-order valence-corrected chi connectivity index (χ1v) is 9.48. The Bertz CT molecular complexity index is 1080. The predicted molar refractivity (Wildman–Crippen MR) is 105 cm³/mol. The molecule has 1 N–H and O–H groups in total. The minimum Gasteiger partial charge on any atom is -0.508 e. The number of hydrogen-bond acceptors (Lipinski definition) is 4. The molecule has 4 nitrogen and oxygen atoms in total. The van der Waals surface area contributed by atoms with Gasteiger partial charge >= 0.3 is 0 Å². The number of ketones is 1. The molecule has 134 valence electrons. The average molecular weight is 376 g/mol. The van der Waals surface area contributed by atoms with Gasteiger partial charge in [0.2, 0.25) is 0 Å². The number of phenols is 1. The van der Waals surface area contributed by atoms with Gasteiger partial charge in [0, 0.05) is 16.7 Å². The van der Waals surface area contributed by atoms with E-state index in [-0.39, 0.29) is 11.5 Å². The zero-order valence-corrected chi connectivity index (χ0v) is 15.3. The average Bonchev–Trinajstić information content (AvgIpc) is 3.00. The molecule has 0 radical (unpaired) electrons. The summed E-state index contributed by atoms with van der Waals surface area (Å²) in [5, 5.41) is 9.58. The van der Waals surface area contributed by atoms with Crippen LogP contribution in [0.3, 0.4) is 0 Å². The van der Waals surface area contributed by atoms with Gasteiger partial charge in [-0.2, -0.15) is 0 Å². The van der Waals surface area contributed by atoms with Gasteiger partial charge < -0.3 is 9.84 Å². The van der Waals surface area contributed by atoms with Gasteiger partial charge in [-0.1, -0.05) is 42.5 Å². The quantitative estimate of drug-likeness (QED) is 0.691. The van der Waals surface area contributed by atoms with Crippen molar-refractivity contribution >= 4 is 27.1 Å². The highest BCUT2D eigenvalue weighted by molar-refractivity contribution is 7.95. The van der Waals surface area contributed by atoms with Gasteiger partial charge in [0.15, 0.2) is 5.78 Å². The lowest BCUT2D eigenvalue weighted by Gasteiger charge is -2.08. The minimum atomic E-state index is -1.53. The number of methoxy groups -OCH3 is 1. The third kappa shape index (κ3) is 2.96. The Labute approximate surface area is 159 Å². The molecule has 0 saturated heterocycles. The van der Waals surface area contributed by atoms with E-state index >= 15 is 0 Å². The molecule has 0 fully saturated rings. The van der Waals surface area contributed by atoms with Gasteiger partial charge in [-0.25, -0.2) is 4.21 Å². The van der Waals surface area contributed by atoms with Crippen LogP contribution in [-0.4, -0.2) is 22.2 Å². The number of ether oxygens (including phenoxy) is 1. The van der Waals surface area contributed by atoms with E-state index in [1.54, 1.807) is 61.7 Å². The number of phenolic OH excluding ortho intramolecular Hbond substituents is 1. The molecule has 1 unspecified atom stereocenters. The molecule has 3 aromatic carbocycles. The summed E-state index contributed by atoms with van der Waals surface area (Å²) in [4.78, 5) is 14.3. The molecule has 27 heavy (non-hydrogen) atoms. The van der Waals surface area contributed by atoms with E-state index < -0.39 is 10.8 Å². The second kappa shape index (κ2) is 6.85. The zero-order valence-electron chi connectivity index (χ0n) is 14.5. The molecule has 0 aromatic heterocycles. The maximum Gasteiger partial charge on any atom is 0.194 e. The van der Waals surface area contributed by atoms with E-state index in [2.05, 4.69) is 0 Å². The highest BCUT2D eigenvalue weighted by Gasteiger charge is 2.34. The molecule has 1 heterocycles. The Morgan fingerprint density at radius 1 is 0.963 bits per heavy atom. The predicted octanol–water partition coefficient (Wildman–Crippen LogP) is 4.27. The number of allylic oxidation sites excluding steroid dienone is 1. The summed E-state index contributed by atoms with van der Waals surface area (Å²) in [6.45, 7) is 0. The summed E-state index contributed by atoms with van der Waals surface area (Å²) in [5.74, 6) is 0.509. The highest BCUT2D eigenvalue weighted by Crippen LogP contribution is 2.44. The van der Waals surface area contributed by atoms with Crippen molar-refractivity contribution in [1.29, 1.82) is 0 Å². The molecule has 0 saturated carbocycles. The summed E-state index contributed by atoms with van der Waals surface area (Å²) in [5.41, 5.74) is 2.24. The van der Waals surface area contributed by atoms with Gasteiger partial charge in [-0.3, -0.25) is 4.79 Å². The summed E-state index contributed by atoms with van der Waals surface area (Å²) in [6.07, 6.45) is 0. The van der Waals surface area contributed by atoms with Crippen molar-refractivity contribution in [3.63, 3.8) is 0 Å². The summed E-state index contributed by atoms with van der Waals surface area (Å²) in [6, 6.07) is 20.6. The molecule has 1 atom stereocenters. The van der Waals surface area contributed by atoms with E-state index in [9.17, 15) is 14.1 Å². The fourth-order valence-corrected chi connectivity index (χ4v) is 4.69. The lowest BCUT2D eigenvalue weighted by atomic mass is 9.94. The molecule has 5 heteroatoms. The molecule has 0 aliphatic carbocycles. The first-order valence-electron chi connectivity index (χ1n) is 8.34. The van der Waals surface area contributed by atoms with Gasteiger partial charge in [-0.05, 0) is 35.9 Å². The van der Waals surface area contributed by atoms with Crippen LogP contribution >= 0.6 is 0 Å². The van der Waals surface area contributed by atoms with Crippen LogP contribution in [0.15, 0.2) is 77.7 Å². The van der Waals surface area contributed by atoms with E-state index in [0.29, 0.717) is 37.8 Å². The Balaban J connectivity index is 1.96. The second-order valence-corrected chi connectivity index (χ2v) is 7.46. The molecule has 3 aromatic rings. The van der Waals surface area contributed by atoms with Crippen LogP contribution < -0.4 is 4.74 Å². The topological polar surface area (TPSA) is 63.6 Å². The monoisotopic (exact) mass is 376 g/mol. The second-order valence-electron chi connectivity index (χ2n) is 6.08. The molecule has 4 rings (SSSR count). The van der Waals surface area contributed by atoms with Crippen molar-refractivity contribution in [2.45, 2.75) is 4.90 Å². The van der Waals surface area contributed by atoms with Crippen LogP contribution in [0.2, 0.25) is 0 Å². The number of carbonyl (C=O) groups excluding carboxylic acids is 1. The van der Waals surface area contributed by atoms with Crippen molar-refractivity contribution in [2.24, 2.45) is 0 Å². The van der Waals surface area contributed by atoms with Crippen LogP contribution in [-0.2, 0) is 10.8 Å². The zero-order chi connectivity index (χ0) is 19.0. The summed E-state index contributed by atoms with van der Waals surface area (Å²) in [7, 11) is 0.0133. The molecule has 0 spiro atoms. The highest BCUT2D eigenvalue weighted by atomic mass is 32.2. The maximum absolute atomic E-state index is 13.3. The van der Waals surface area contributed by atoms with Gasteiger partial charge in [-0.15, -0.1) is 0 Å². The van der Waals surface area contributed by atoms with E-state index in [1.165, 1.54) is 12.1 Å². The lowest BCUT2D eigenvalue weighted by Crippen LogP contribution is -2.03. The van der Waals surface area contributed by atoms with Gasteiger partial charge in [0.1, 0.15) is 11.5 Å². The minimum absolute atomic E-state index is 0.109. The van der Waals surface area contributed by atoms with Crippen molar-refractivity contribution in [3.05, 3.63) is 89.5 Å². The first-order chi connectivity index (χ1) is 13.1. The fraction of sp³-hybridized carbons (Fsp3) is 0.0455. The third-order valence-electron chi connectivity index (χ3n) is 4.46. The SMILES string of the molecule is COc1ccc2c(c1)S(=O)C(c1ccc(O)cc1)=C2C(=O)c1ccccc1. The standard InChI is InChI=1S/C22H16O4S/c1-26-17-11-12-18-19(13-17)27(25)22(15-7-9-16(23)10-8-15)20(18)21(24)14-5-3-2-4-6-14/h2-13,23H,1H3. The Morgan fingerprint density at radius 2 is 1.67 bits per heavy atom. The Kier molecular flexibility index (Phi) is 4.38. The number of hydrogen-bond donors (Lipinski definition) is 1. The van der Waals surface area contributed by atoms with Crippen molar-refractivity contribution in [3.8, 4) is 11.5 Å². The molecular formula is C22H16O4S. The summed E-state index contributed by atoms with van der Waals surface area (Å²) >= 11 is 0. The largest absolute Gasteiger partial charge is 0.508 e. The molecule has 1 aliphatic rings. The van der Waals surface area contributed by atoms with Crippen LogP contribution in [0.25, 0.3) is 10.5 Å². The van der Waals surface area contributed by atoms with E-state index in [4.69, 9.17) is 4.74 Å². The number of fused-ring (bicyclic) bond motifs is 1. The Morgan fingerprint density at radius 3 is 2.33 bits per heavy atom. The maximum atomic E-state index is 13.3. The van der Waals surface area contributed by atoms with E-state index in [1.807, 2.05) is 6.07 Å². The molecule has 1 aliphatic heterocycles. The van der Waals surface area contributed by atoms with Crippen LogP contribution in [0.1, 0.15) is 21.5 Å². The van der Waals surface area contributed by atoms with E-state index in [0.717, 1.165) is 0 Å². The van der Waals surface area contributed by atoms with Crippen LogP contribution in [0.5, 0.6) is 11.5 Å². The molecule has 0 bridgehead atoms. The number of rotatable bonds is 4. The number of aromatic hydroxyl groups is 1. The normalized spacial score (nSPS) is 15.5. The van der Waals surface area contributed by atoms with Gasteiger partial charge in [0.25, 0.3) is 0 Å². The molecular weight excluding hydrogens is 360 g/mol. The van der Waals surface area contributed by atoms with Crippen molar-refractivity contribution < 1.29 is 18.8 Å². The number of benzene rings is 3. The third-order valence-corrected chi connectivity index (χ3v) is 6.01.